The third-order valence-corrected chi connectivity index (χ3v) is 2.57. The van der Waals surface area contributed by atoms with E-state index in [0.717, 1.165) is 0 Å². The molecule has 0 rings (SSSR count). The maximum absolute atomic E-state index is 11.6. The van der Waals surface area contributed by atoms with Crippen molar-refractivity contribution in [3.8, 4) is 0 Å². The molecule has 0 aliphatic heterocycles. The van der Waals surface area contributed by atoms with Gasteiger partial charge in [0.1, 0.15) is 0 Å². The number of hydrogen-bond donors (Lipinski definition) is 3. The number of aliphatic carboxylic acids is 1. The van der Waals surface area contributed by atoms with E-state index in [1.807, 2.05) is 13.8 Å². The first kappa shape index (κ1) is 13.9. The monoisotopic (exact) mass is 216 g/mol. The van der Waals surface area contributed by atoms with Crippen LogP contribution >= 0.6 is 0 Å². The van der Waals surface area contributed by atoms with Gasteiger partial charge in [0.25, 0.3) is 0 Å². The summed E-state index contributed by atoms with van der Waals surface area (Å²) in [6, 6.07) is 0. The molecule has 5 heteroatoms. The Morgan fingerprint density at radius 2 is 1.87 bits per heavy atom. The van der Waals surface area contributed by atoms with Gasteiger partial charge in [0, 0.05) is 13.0 Å². The van der Waals surface area contributed by atoms with Gasteiger partial charge in [-0.3, -0.25) is 9.59 Å². The van der Waals surface area contributed by atoms with Crippen LogP contribution in [0, 0.1) is 0 Å². The fourth-order valence-electron chi connectivity index (χ4n) is 1.19. The molecule has 0 aliphatic rings. The third kappa shape index (κ3) is 4.78. The van der Waals surface area contributed by atoms with Gasteiger partial charge in [0.15, 0.2) is 0 Å². The zero-order valence-corrected chi connectivity index (χ0v) is 9.38. The number of nitrogens with one attached hydrogen (secondary N) is 1. The van der Waals surface area contributed by atoms with Gasteiger partial charge < -0.3 is 16.2 Å². The van der Waals surface area contributed by atoms with Crippen molar-refractivity contribution in [2.75, 3.05) is 6.54 Å². The molecule has 5 nitrogen and oxygen atoms in total. The van der Waals surface area contributed by atoms with Crippen molar-refractivity contribution in [2.24, 2.45) is 5.73 Å². The molecular formula is C10H20N2O3. The van der Waals surface area contributed by atoms with Crippen molar-refractivity contribution in [3.05, 3.63) is 0 Å². The van der Waals surface area contributed by atoms with Crippen LogP contribution < -0.4 is 11.1 Å². The molecular weight excluding hydrogens is 196 g/mol. The van der Waals surface area contributed by atoms with Crippen LogP contribution in [0.2, 0.25) is 0 Å². The summed E-state index contributed by atoms with van der Waals surface area (Å²) in [4.78, 5) is 21.8. The van der Waals surface area contributed by atoms with E-state index in [1.165, 1.54) is 0 Å². The summed E-state index contributed by atoms with van der Waals surface area (Å²) in [5.41, 5.74) is 5.04. The fourth-order valence-corrected chi connectivity index (χ4v) is 1.19. The number of carboxylic acid groups (broad SMARTS) is 1. The molecule has 0 radical (unpaired) electrons. The highest BCUT2D eigenvalue weighted by atomic mass is 16.4. The minimum Gasteiger partial charge on any atom is -0.481 e. The van der Waals surface area contributed by atoms with Gasteiger partial charge >= 0.3 is 5.97 Å². The lowest BCUT2D eigenvalue weighted by atomic mass is 9.93. The Bertz CT molecular complexity index is 225. The molecule has 88 valence electrons. The minimum absolute atomic E-state index is 0.0656. The quantitative estimate of drug-likeness (QED) is 0.540. The lowest BCUT2D eigenvalue weighted by Crippen LogP contribution is -2.53. The first-order valence-corrected chi connectivity index (χ1v) is 5.25. The molecule has 0 unspecified atom stereocenters. The summed E-state index contributed by atoms with van der Waals surface area (Å²) < 4.78 is 0. The van der Waals surface area contributed by atoms with E-state index in [2.05, 4.69) is 5.32 Å². The topological polar surface area (TPSA) is 92.4 Å². The summed E-state index contributed by atoms with van der Waals surface area (Å²) in [6.45, 7) is 4.09. The maximum Gasteiger partial charge on any atom is 0.303 e. The van der Waals surface area contributed by atoms with Gasteiger partial charge in [-0.1, -0.05) is 13.8 Å². The Hall–Kier alpha value is -1.10. The second-order valence-electron chi connectivity index (χ2n) is 3.62. The summed E-state index contributed by atoms with van der Waals surface area (Å²) >= 11 is 0. The molecule has 0 aromatic carbocycles. The summed E-state index contributed by atoms with van der Waals surface area (Å²) in [7, 11) is 0. The number of carbonyl (C=O) groups excluding carboxylic acids is 1. The number of hydrogen-bond acceptors (Lipinski definition) is 3. The predicted molar refractivity (Wildman–Crippen MR) is 57.4 cm³/mol. The van der Waals surface area contributed by atoms with Gasteiger partial charge in [-0.15, -0.1) is 0 Å². The summed E-state index contributed by atoms with van der Waals surface area (Å²) in [5, 5.41) is 11.0. The van der Waals surface area contributed by atoms with Crippen LogP contribution in [0.3, 0.4) is 0 Å². The second-order valence-corrected chi connectivity index (χ2v) is 3.62. The molecule has 0 aliphatic carbocycles. The molecule has 4 N–H and O–H groups in total. The van der Waals surface area contributed by atoms with Crippen molar-refractivity contribution in [1.82, 2.24) is 5.32 Å². The number of carboxylic acids is 1. The minimum atomic E-state index is -0.853. The standard InChI is InChI=1S/C10H20N2O3/c1-3-10(11,4-2)9(15)12-7-5-6-8(13)14/h3-7,11H2,1-2H3,(H,12,15)(H,13,14). The maximum atomic E-state index is 11.6. The predicted octanol–water partition coefficient (Wildman–Crippen LogP) is 0.485. The molecule has 0 aromatic heterocycles. The first-order chi connectivity index (χ1) is 6.96. The van der Waals surface area contributed by atoms with Crippen molar-refractivity contribution in [1.29, 1.82) is 0 Å². The van der Waals surface area contributed by atoms with Gasteiger partial charge in [-0.2, -0.15) is 0 Å². The van der Waals surface area contributed by atoms with Gasteiger partial charge in [-0.05, 0) is 19.3 Å². The molecule has 0 spiro atoms. The van der Waals surface area contributed by atoms with Crippen LogP contribution in [-0.4, -0.2) is 29.1 Å². The molecule has 0 heterocycles. The van der Waals surface area contributed by atoms with Crippen molar-refractivity contribution >= 4 is 11.9 Å². The molecule has 0 saturated carbocycles. The third-order valence-electron chi connectivity index (χ3n) is 2.57. The zero-order valence-electron chi connectivity index (χ0n) is 9.38. The zero-order chi connectivity index (χ0) is 11.9. The Morgan fingerprint density at radius 3 is 2.27 bits per heavy atom. The largest absolute Gasteiger partial charge is 0.481 e. The number of nitrogens with two attached hydrogens (primary N) is 1. The van der Waals surface area contributed by atoms with Crippen LogP contribution in [0.25, 0.3) is 0 Å². The van der Waals surface area contributed by atoms with E-state index in [9.17, 15) is 9.59 Å². The molecule has 15 heavy (non-hydrogen) atoms. The highest BCUT2D eigenvalue weighted by Gasteiger charge is 2.29. The molecule has 0 aromatic rings. The van der Waals surface area contributed by atoms with Crippen LogP contribution in [0.5, 0.6) is 0 Å². The van der Waals surface area contributed by atoms with E-state index in [1.54, 1.807) is 0 Å². The van der Waals surface area contributed by atoms with E-state index in [4.69, 9.17) is 10.8 Å². The molecule has 0 atom stereocenters. The van der Waals surface area contributed by atoms with E-state index in [-0.39, 0.29) is 12.3 Å². The van der Waals surface area contributed by atoms with Gasteiger partial charge in [-0.25, -0.2) is 0 Å². The summed E-state index contributed by atoms with van der Waals surface area (Å²) in [6.07, 6.45) is 1.66. The average molecular weight is 216 g/mol. The smallest absolute Gasteiger partial charge is 0.303 e. The second kappa shape index (κ2) is 6.40. The number of rotatable bonds is 7. The highest BCUT2D eigenvalue weighted by molar-refractivity contribution is 5.85. The van der Waals surface area contributed by atoms with Crippen molar-refractivity contribution < 1.29 is 14.7 Å². The number of amides is 1. The van der Waals surface area contributed by atoms with Crippen LogP contribution in [-0.2, 0) is 9.59 Å². The van der Waals surface area contributed by atoms with E-state index in [0.29, 0.717) is 25.8 Å². The Balaban J connectivity index is 3.87. The van der Waals surface area contributed by atoms with Crippen LogP contribution in [0.15, 0.2) is 0 Å². The molecule has 0 fully saturated rings. The van der Waals surface area contributed by atoms with Gasteiger partial charge in [0.2, 0.25) is 5.91 Å². The lowest BCUT2D eigenvalue weighted by Gasteiger charge is -2.25. The van der Waals surface area contributed by atoms with Gasteiger partial charge in [0.05, 0.1) is 5.54 Å². The molecule has 0 saturated heterocycles. The normalized spacial score (nSPS) is 11.1. The van der Waals surface area contributed by atoms with Crippen molar-refractivity contribution in [2.45, 2.75) is 45.1 Å². The fraction of sp³-hybridized carbons (Fsp3) is 0.800. The average Bonchev–Trinajstić information content (AvgIpc) is 2.22. The lowest BCUT2D eigenvalue weighted by molar-refractivity contribution is -0.137. The Kier molecular flexibility index (Phi) is 5.93. The SMILES string of the molecule is CCC(N)(CC)C(=O)NCCCC(=O)O. The first-order valence-electron chi connectivity index (χ1n) is 5.25. The molecule has 0 bridgehead atoms. The van der Waals surface area contributed by atoms with Crippen molar-refractivity contribution in [3.63, 3.8) is 0 Å². The Morgan fingerprint density at radius 1 is 1.33 bits per heavy atom. The van der Waals surface area contributed by atoms with Crippen LogP contribution in [0.4, 0.5) is 0 Å². The number of carbonyl (C=O) groups is 2. The Labute approximate surface area is 90.0 Å². The highest BCUT2D eigenvalue weighted by Crippen LogP contribution is 2.10. The molecule has 1 amide bonds. The van der Waals surface area contributed by atoms with Crippen LogP contribution in [0.1, 0.15) is 39.5 Å². The van der Waals surface area contributed by atoms with E-state index < -0.39 is 11.5 Å². The van der Waals surface area contributed by atoms with E-state index >= 15 is 0 Å². The summed E-state index contributed by atoms with van der Waals surface area (Å²) in [5.74, 6) is -1.05.